The van der Waals surface area contributed by atoms with Crippen LogP contribution in [-0.2, 0) is 21.2 Å². The van der Waals surface area contributed by atoms with E-state index in [1.807, 2.05) is 38.1 Å². The maximum Gasteiger partial charge on any atom is 0.240 e. The Kier molecular flexibility index (Phi) is 6.91. The van der Waals surface area contributed by atoms with Crippen LogP contribution in [0.5, 0.6) is 0 Å². The van der Waals surface area contributed by atoms with Crippen LogP contribution in [0.4, 0.5) is 0 Å². The maximum atomic E-state index is 12.2. The Bertz CT molecular complexity index is 1090. The first-order chi connectivity index (χ1) is 14.3. The highest BCUT2D eigenvalue weighted by molar-refractivity contribution is 7.89. The van der Waals surface area contributed by atoms with E-state index in [1.165, 1.54) is 0 Å². The van der Waals surface area contributed by atoms with Gasteiger partial charge in [0.25, 0.3) is 0 Å². The molecule has 30 heavy (non-hydrogen) atoms. The number of hydrogen-bond acceptors (Lipinski definition) is 6. The minimum absolute atomic E-state index is 0.122. The van der Waals surface area contributed by atoms with E-state index in [9.17, 15) is 13.2 Å². The molecule has 0 radical (unpaired) electrons. The normalized spacial score (nSPS) is 11.4. The second kappa shape index (κ2) is 9.59. The van der Waals surface area contributed by atoms with Crippen molar-refractivity contribution >= 4 is 15.9 Å². The lowest BCUT2D eigenvalue weighted by atomic mass is 10.1. The Morgan fingerprint density at radius 1 is 1.00 bits per heavy atom. The van der Waals surface area contributed by atoms with Gasteiger partial charge in [-0.05, 0) is 60.5 Å². The Balaban J connectivity index is 1.40. The van der Waals surface area contributed by atoms with Gasteiger partial charge >= 0.3 is 0 Å². The highest BCUT2D eigenvalue weighted by Gasteiger charge is 2.12. The van der Waals surface area contributed by atoms with E-state index in [4.69, 9.17) is 0 Å². The number of carbonyl (C=O) groups excluding carboxylic acids is 1. The molecular weight excluding hydrogens is 404 g/mol. The summed E-state index contributed by atoms with van der Waals surface area (Å²) in [4.78, 5) is 12.3. The number of amides is 1. The second-order valence-electron chi connectivity index (χ2n) is 6.90. The third-order valence-electron chi connectivity index (χ3n) is 4.47. The highest BCUT2D eigenvalue weighted by atomic mass is 32.2. The van der Waals surface area contributed by atoms with Gasteiger partial charge in [-0.3, -0.25) is 4.79 Å². The van der Waals surface area contributed by atoms with Crippen LogP contribution in [0.2, 0.25) is 0 Å². The molecule has 0 bridgehead atoms. The molecule has 2 aromatic carbocycles. The fraction of sp³-hybridized carbons (Fsp3) is 0.300. The number of benzene rings is 2. The van der Waals surface area contributed by atoms with Crippen LogP contribution >= 0.6 is 0 Å². The van der Waals surface area contributed by atoms with Gasteiger partial charge in [-0.25, -0.2) is 13.1 Å². The Hall–Kier alpha value is -3.11. The summed E-state index contributed by atoms with van der Waals surface area (Å²) >= 11 is 0. The summed E-state index contributed by atoms with van der Waals surface area (Å²) in [6.07, 6.45) is 0.734. The van der Waals surface area contributed by atoms with Crippen molar-refractivity contribution in [3.63, 3.8) is 0 Å². The Morgan fingerprint density at radius 2 is 1.70 bits per heavy atom. The number of carbonyl (C=O) groups is 1. The molecule has 3 rings (SSSR count). The molecular formula is C20H24N6O3S. The van der Waals surface area contributed by atoms with Gasteiger partial charge in [0.1, 0.15) is 0 Å². The van der Waals surface area contributed by atoms with E-state index in [-0.39, 0.29) is 23.8 Å². The summed E-state index contributed by atoms with van der Waals surface area (Å²) < 4.78 is 28.6. The van der Waals surface area contributed by atoms with Gasteiger partial charge in [-0.2, -0.15) is 4.68 Å². The number of hydrogen-bond donors (Lipinski definition) is 2. The van der Waals surface area contributed by atoms with Gasteiger partial charge < -0.3 is 5.32 Å². The molecule has 0 saturated heterocycles. The summed E-state index contributed by atoms with van der Waals surface area (Å²) in [6.45, 7) is 4.34. The molecule has 3 aromatic rings. The fourth-order valence-corrected chi connectivity index (χ4v) is 3.87. The van der Waals surface area contributed by atoms with E-state index in [1.54, 1.807) is 28.9 Å². The largest absolute Gasteiger partial charge is 0.356 e. The zero-order valence-corrected chi connectivity index (χ0v) is 17.7. The van der Waals surface area contributed by atoms with E-state index >= 15 is 0 Å². The van der Waals surface area contributed by atoms with Gasteiger partial charge in [0, 0.05) is 13.1 Å². The number of aryl methyl sites for hydroxylation is 2. The molecule has 1 aromatic heterocycles. The van der Waals surface area contributed by atoms with E-state index in [2.05, 4.69) is 25.6 Å². The SMILES string of the molecule is Cc1ccc(S(=O)(=O)NCCCNC(=O)Cc2ccc(-n3nnnc3C)cc2)cc1. The van der Waals surface area contributed by atoms with Crippen molar-refractivity contribution in [2.75, 3.05) is 13.1 Å². The summed E-state index contributed by atoms with van der Waals surface area (Å²) in [5.41, 5.74) is 2.68. The number of sulfonamides is 1. The van der Waals surface area contributed by atoms with Crippen LogP contribution in [0.1, 0.15) is 23.4 Å². The molecule has 0 aliphatic carbocycles. The maximum absolute atomic E-state index is 12.2. The van der Waals surface area contributed by atoms with Crippen molar-refractivity contribution in [3.8, 4) is 5.69 Å². The standard InChI is InChI=1S/C20H24N6O3S/c1-15-4-10-19(11-5-15)30(28,29)22-13-3-12-21-20(27)14-17-6-8-18(9-7-17)26-16(2)23-24-25-26/h4-11,22H,3,12-14H2,1-2H3,(H,21,27). The molecule has 0 unspecified atom stereocenters. The Morgan fingerprint density at radius 3 is 2.33 bits per heavy atom. The van der Waals surface area contributed by atoms with E-state index in [0.29, 0.717) is 18.8 Å². The lowest BCUT2D eigenvalue weighted by Crippen LogP contribution is -2.30. The average Bonchev–Trinajstić information content (AvgIpc) is 3.14. The second-order valence-corrected chi connectivity index (χ2v) is 8.66. The monoisotopic (exact) mass is 428 g/mol. The fourth-order valence-electron chi connectivity index (χ4n) is 2.80. The predicted octanol–water partition coefficient (Wildman–Crippen LogP) is 1.31. The van der Waals surface area contributed by atoms with Gasteiger partial charge in [-0.15, -0.1) is 5.10 Å². The van der Waals surface area contributed by atoms with E-state index < -0.39 is 10.0 Å². The molecule has 0 fully saturated rings. The average molecular weight is 429 g/mol. The Labute approximate surface area is 175 Å². The van der Waals surface area contributed by atoms with Gasteiger partial charge in [0.2, 0.25) is 15.9 Å². The molecule has 0 aliphatic rings. The number of aromatic nitrogens is 4. The summed E-state index contributed by atoms with van der Waals surface area (Å²) in [7, 11) is -3.53. The third kappa shape index (κ3) is 5.71. The first-order valence-electron chi connectivity index (χ1n) is 9.52. The summed E-state index contributed by atoms with van der Waals surface area (Å²) in [5.74, 6) is 0.557. The quantitative estimate of drug-likeness (QED) is 0.496. The molecule has 1 heterocycles. The lowest BCUT2D eigenvalue weighted by molar-refractivity contribution is -0.120. The predicted molar refractivity (Wildman–Crippen MR) is 112 cm³/mol. The number of rotatable bonds is 9. The molecule has 0 atom stereocenters. The zero-order chi connectivity index (χ0) is 21.6. The topological polar surface area (TPSA) is 119 Å². The summed E-state index contributed by atoms with van der Waals surface area (Å²) in [6, 6.07) is 14.1. The summed E-state index contributed by atoms with van der Waals surface area (Å²) in [5, 5.41) is 14.2. The van der Waals surface area contributed by atoms with Gasteiger partial charge in [0.15, 0.2) is 5.82 Å². The molecule has 158 valence electrons. The number of tetrazole rings is 1. The van der Waals surface area contributed by atoms with Crippen LogP contribution in [0.3, 0.4) is 0 Å². The minimum atomic E-state index is -3.53. The van der Waals surface area contributed by atoms with Gasteiger partial charge in [0.05, 0.1) is 17.0 Å². The first kappa shape index (κ1) is 21.6. The smallest absolute Gasteiger partial charge is 0.240 e. The third-order valence-corrected chi connectivity index (χ3v) is 5.95. The van der Waals surface area contributed by atoms with Crippen molar-refractivity contribution < 1.29 is 13.2 Å². The molecule has 9 nitrogen and oxygen atoms in total. The van der Waals surface area contributed by atoms with Crippen LogP contribution in [0, 0.1) is 13.8 Å². The number of nitrogens with one attached hydrogen (secondary N) is 2. The molecule has 0 saturated carbocycles. The number of nitrogens with zero attached hydrogens (tertiary/aromatic N) is 4. The van der Waals surface area contributed by atoms with Crippen molar-refractivity contribution in [2.45, 2.75) is 31.6 Å². The minimum Gasteiger partial charge on any atom is -0.356 e. The molecule has 0 aliphatic heterocycles. The van der Waals surface area contributed by atoms with Crippen molar-refractivity contribution in [1.82, 2.24) is 30.2 Å². The van der Waals surface area contributed by atoms with Crippen molar-refractivity contribution in [2.24, 2.45) is 0 Å². The van der Waals surface area contributed by atoms with Crippen molar-refractivity contribution in [1.29, 1.82) is 0 Å². The molecule has 0 spiro atoms. The van der Waals surface area contributed by atoms with Crippen LogP contribution in [0.15, 0.2) is 53.4 Å². The molecule has 1 amide bonds. The zero-order valence-electron chi connectivity index (χ0n) is 16.9. The highest BCUT2D eigenvalue weighted by Crippen LogP contribution is 2.11. The lowest BCUT2D eigenvalue weighted by Gasteiger charge is -2.08. The van der Waals surface area contributed by atoms with E-state index in [0.717, 1.165) is 16.8 Å². The van der Waals surface area contributed by atoms with Crippen LogP contribution in [0.25, 0.3) is 5.69 Å². The molecule has 2 N–H and O–H groups in total. The first-order valence-corrected chi connectivity index (χ1v) is 11.0. The van der Waals surface area contributed by atoms with Gasteiger partial charge in [-0.1, -0.05) is 29.8 Å². The molecule has 10 heteroatoms. The van der Waals surface area contributed by atoms with Crippen LogP contribution in [-0.4, -0.2) is 47.6 Å². The van der Waals surface area contributed by atoms with Crippen molar-refractivity contribution in [3.05, 3.63) is 65.5 Å². The van der Waals surface area contributed by atoms with Crippen LogP contribution < -0.4 is 10.0 Å².